The fraction of sp³-hybridized carbons (Fsp3) is 0.103. The Morgan fingerprint density at radius 3 is 2.40 bits per heavy atom. The molecule has 6 rings (SSSR count). The molecule has 4 nitrogen and oxygen atoms in total. The van der Waals surface area contributed by atoms with Gasteiger partial charge in [-0.15, -0.1) is 0 Å². The van der Waals surface area contributed by atoms with Crippen LogP contribution in [0.15, 0.2) is 89.8 Å². The Balaban J connectivity index is 1.68. The molecule has 3 aromatic carbocycles. The number of nitrogens with two attached hydrogens (primary N) is 1. The summed E-state index contributed by atoms with van der Waals surface area (Å²) in [6, 6.07) is 26.1. The minimum atomic E-state index is -0.250. The second kappa shape index (κ2) is 8.46. The molecule has 0 bridgehead atoms. The number of nitrogens with zero attached hydrogens (tertiary/aromatic N) is 2. The summed E-state index contributed by atoms with van der Waals surface area (Å²) in [5.74, 6) is 0.115. The number of nitrogens with one attached hydrogen (secondary N) is 1. The molecule has 3 N–H and O–H groups in total. The maximum atomic E-state index is 10.0. The van der Waals surface area contributed by atoms with Gasteiger partial charge in [-0.25, -0.2) is 0 Å². The number of dihydropyridines is 1. The number of benzene rings is 3. The lowest BCUT2D eigenvalue weighted by Crippen LogP contribution is -2.32. The third kappa shape index (κ3) is 3.56. The van der Waals surface area contributed by atoms with Gasteiger partial charge in [0.05, 0.1) is 22.9 Å². The van der Waals surface area contributed by atoms with Gasteiger partial charge in [0, 0.05) is 38.2 Å². The largest absolute Gasteiger partial charge is 0.384 e. The fourth-order valence-corrected chi connectivity index (χ4v) is 5.59. The second-order valence-corrected chi connectivity index (χ2v) is 9.66. The SMILES string of the molecule is N#CC1=C(N)NC2=C(CCc3nc4ccc(Cl)cc4c(-c4ccccc4)c32)C1c1ccc(Cl)cc1. The predicted molar refractivity (Wildman–Crippen MR) is 142 cm³/mol. The standard InChI is InChI=1S/C29H20Cl2N4/c30-18-8-6-17(7-9-18)25-20-11-13-24-27(28(20)35-29(33)22(25)15-32)26(16-4-2-1-3-5-16)21-14-19(31)10-12-23(21)34-24/h1-10,12,14,25,35H,11,13,33H2. The molecular formula is C29H20Cl2N4. The molecule has 0 fully saturated rings. The van der Waals surface area contributed by atoms with Gasteiger partial charge in [0.25, 0.3) is 0 Å². The van der Waals surface area contributed by atoms with E-state index >= 15 is 0 Å². The van der Waals surface area contributed by atoms with Crippen LogP contribution in [0.25, 0.3) is 27.7 Å². The van der Waals surface area contributed by atoms with E-state index in [2.05, 4.69) is 23.5 Å². The molecule has 1 aliphatic heterocycles. The van der Waals surface area contributed by atoms with Gasteiger partial charge in [-0.05, 0) is 59.9 Å². The Labute approximate surface area is 213 Å². The molecule has 6 heteroatoms. The molecule has 0 amide bonds. The number of halogens is 2. The Morgan fingerprint density at radius 1 is 0.914 bits per heavy atom. The van der Waals surface area contributed by atoms with Gasteiger partial charge in [0.2, 0.25) is 0 Å². The van der Waals surface area contributed by atoms with Gasteiger partial charge in [-0.1, -0.05) is 65.7 Å². The highest BCUT2D eigenvalue weighted by Gasteiger charge is 2.36. The van der Waals surface area contributed by atoms with E-state index in [0.717, 1.165) is 63.0 Å². The highest BCUT2D eigenvalue weighted by atomic mass is 35.5. The van der Waals surface area contributed by atoms with Crippen LogP contribution in [-0.4, -0.2) is 4.98 Å². The Hall–Kier alpha value is -3.78. The van der Waals surface area contributed by atoms with Crippen molar-refractivity contribution in [3.05, 3.63) is 117 Å². The average molecular weight is 495 g/mol. The summed E-state index contributed by atoms with van der Waals surface area (Å²) in [4.78, 5) is 5.04. The van der Waals surface area contributed by atoms with E-state index in [1.807, 2.05) is 60.7 Å². The number of aromatic nitrogens is 1. The molecular weight excluding hydrogens is 475 g/mol. The molecule has 0 saturated carbocycles. The van der Waals surface area contributed by atoms with Gasteiger partial charge < -0.3 is 11.1 Å². The molecule has 4 aromatic rings. The first kappa shape index (κ1) is 21.7. The molecule has 0 spiro atoms. The zero-order valence-electron chi connectivity index (χ0n) is 18.6. The van der Waals surface area contributed by atoms with Crippen LogP contribution in [0.2, 0.25) is 10.0 Å². The van der Waals surface area contributed by atoms with Gasteiger partial charge in [-0.2, -0.15) is 5.26 Å². The van der Waals surface area contributed by atoms with Crippen molar-refractivity contribution in [1.82, 2.24) is 10.3 Å². The van der Waals surface area contributed by atoms with Crippen LogP contribution < -0.4 is 11.1 Å². The number of allylic oxidation sites excluding steroid dienone is 2. The van der Waals surface area contributed by atoms with E-state index in [9.17, 15) is 5.26 Å². The van der Waals surface area contributed by atoms with E-state index in [0.29, 0.717) is 21.4 Å². The normalized spacial score (nSPS) is 17.0. The minimum Gasteiger partial charge on any atom is -0.384 e. The number of pyridine rings is 1. The van der Waals surface area contributed by atoms with Crippen LogP contribution >= 0.6 is 23.2 Å². The lowest BCUT2D eigenvalue weighted by molar-refractivity contribution is 0.749. The third-order valence-electron chi connectivity index (χ3n) is 6.80. The summed E-state index contributed by atoms with van der Waals surface area (Å²) < 4.78 is 0. The van der Waals surface area contributed by atoms with E-state index in [-0.39, 0.29) is 5.92 Å². The van der Waals surface area contributed by atoms with Crippen LogP contribution in [0.3, 0.4) is 0 Å². The van der Waals surface area contributed by atoms with E-state index < -0.39 is 0 Å². The van der Waals surface area contributed by atoms with Crippen LogP contribution in [-0.2, 0) is 6.42 Å². The Morgan fingerprint density at radius 2 is 1.66 bits per heavy atom. The van der Waals surface area contributed by atoms with Crippen molar-refractivity contribution < 1.29 is 0 Å². The zero-order valence-corrected chi connectivity index (χ0v) is 20.2. The molecule has 0 radical (unpaired) electrons. The first-order valence-electron chi connectivity index (χ1n) is 11.4. The van der Waals surface area contributed by atoms with Crippen LogP contribution in [0.1, 0.15) is 29.2 Å². The van der Waals surface area contributed by atoms with E-state index in [1.165, 1.54) is 0 Å². The number of hydrogen-bond donors (Lipinski definition) is 2. The van der Waals surface area contributed by atoms with Gasteiger partial charge >= 0.3 is 0 Å². The topological polar surface area (TPSA) is 74.7 Å². The van der Waals surface area contributed by atoms with Crippen LogP contribution in [0.5, 0.6) is 0 Å². The van der Waals surface area contributed by atoms with Crippen molar-refractivity contribution in [2.75, 3.05) is 0 Å². The van der Waals surface area contributed by atoms with Crippen molar-refractivity contribution >= 4 is 39.8 Å². The Kier molecular flexibility index (Phi) is 5.25. The summed E-state index contributed by atoms with van der Waals surface area (Å²) in [6.45, 7) is 0. The number of aryl methyl sites for hydroxylation is 1. The zero-order chi connectivity index (χ0) is 24.1. The number of rotatable bonds is 2. The van der Waals surface area contributed by atoms with Crippen LogP contribution in [0, 0.1) is 11.3 Å². The molecule has 35 heavy (non-hydrogen) atoms. The smallest absolute Gasteiger partial charge is 0.115 e. The minimum absolute atomic E-state index is 0.250. The molecule has 1 unspecified atom stereocenters. The number of hydrogen-bond acceptors (Lipinski definition) is 4. The molecule has 2 heterocycles. The first-order valence-corrected chi connectivity index (χ1v) is 12.1. The lowest BCUT2D eigenvalue weighted by atomic mass is 9.74. The quantitative estimate of drug-likeness (QED) is 0.316. The lowest BCUT2D eigenvalue weighted by Gasteiger charge is -2.35. The van der Waals surface area contributed by atoms with Crippen LogP contribution in [0.4, 0.5) is 0 Å². The molecule has 2 aliphatic rings. The van der Waals surface area contributed by atoms with Crippen molar-refractivity contribution in [1.29, 1.82) is 5.26 Å². The van der Waals surface area contributed by atoms with Crippen molar-refractivity contribution in [3.63, 3.8) is 0 Å². The van der Waals surface area contributed by atoms with Gasteiger partial charge in [0.15, 0.2) is 0 Å². The van der Waals surface area contributed by atoms with Gasteiger partial charge in [-0.3, -0.25) is 4.98 Å². The maximum Gasteiger partial charge on any atom is 0.115 e. The monoisotopic (exact) mass is 494 g/mol. The second-order valence-electron chi connectivity index (χ2n) is 8.78. The molecule has 0 saturated heterocycles. The highest BCUT2D eigenvalue weighted by Crippen LogP contribution is 2.48. The highest BCUT2D eigenvalue weighted by molar-refractivity contribution is 6.31. The summed E-state index contributed by atoms with van der Waals surface area (Å²) in [5.41, 5.74) is 15.1. The summed E-state index contributed by atoms with van der Waals surface area (Å²) in [5, 5.41) is 15.7. The summed E-state index contributed by atoms with van der Waals surface area (Å²) in [6.07, 6.45) is 1.53. The summed E-state index contributed by atoms with van der Waals surface area (Å²) in [7, 11) is 0. The molecule has 1 atom stereocenters. The Bertz CT molecular complexity index is 1600. The maximum absolute atomic E-state index is 10.0. The van der Waals surface area contributed by atoms with Gasteiger partial charge in [0.1, 0.15) is 5.82 Å². The van der Waals surface area contributed by atoms with E-state index in [1.54, 1.807) is 0 Å². The number of nitriles is 1. The average Bonchev–Trinajstić information content (AvgIpc) is 2.87. The number of fused-ring (bicyclic) bond motifs is 3. The van der Waals surface area contributed by atoms with E-state index in [4.69, 9.17) is 33.9 Å². The van der Waals surface area contributed by atoms with Crippen molar-refractivity contribution in [3.8, 4) is 17.2 Å². The van der Waals surface area contributed by atoms with Crippen molar-refractivity contribution in [2.45, 2.75) is 18.8 Å². The molecule has 1 aliphatic carbocycles. The van der Waals surface area contributed by atoms with Crippen molar-refractivity contribution in [2.24, 2.45) is 5.73 Å². The summed E-state index contributed by atoms with van der Waals surface area (Å²) >= 11 is 12.6. The molecule has 1 aromatic heterocycles. The fourth-order valence-electron chi connectivity index (χ4n) is 5.29. The predicted octanol–water partition coefficient (Wildman–Crippen LogP) is 6.95. The molecule has 170 valence electrons. The first-order chi connectivity index (χ1) is 17.0. The third-order valence-corrected chi connectivity index (χ3v) is 7.28.